The minimum absolute atomic E-state index is 0.128. The molecule has 8 heteroatoms. The lowest BCUT2D eigenvalue weighted by Gasteiger charge is -2.22. The summed E-state index contributed by atoms with van der Waals surface area (Å²) in [6, 6.07) is 12.9. The quantitative estimate of drug-likeness (QED) is 0.625. The molecule has 2 aliphatic rings. The Labute approximate surface area is 186 Å². The Hall–Kier alpha value is -3.68. The molecule has 2 amide bonds. The Bertz CT molecular complexity index is 1110. The molecular formula is C24H25N5O3. The van der Waals surface area contributed by atoms with Gasteiger partial charge in [0, 0.05) is 24.2 Å². The summed E-state index contributed by atoms with van der Waals surface area (Å²) in [6.45, 7) is 2.34. The highest BCUT2D eigenvalue weighted by molar-refractivity contribution is 5.97. The number of H-pyrrole nitrogens is 1. The third kappa shape index (κ3) is 4.34. The number of benzene rings is 1. The molecule has 1 aliphatic carbocycles. The number of likely N-dealkylation sites (tertiary alicyclic amines) is 1. The van der Waals surface area contributed by atoms with Gasteiger partial charge in [0.05, 0.1) is 18.4 Å². The molecule has 164 valence electrons. The second kappa shape index (κ2) is 8.45. The predicted octanol–water partition coefficient (Wildman–Crippen LogP) is 2.72. The number of aromatic amines is 1. The minimum Gasteiger partial charge on any atom is -0.487 e. The third-order valence-corrected chi connectivity index (χ3v) is 5.84. The molecule has 0 spiro atoms. The summed E-state index contributed by atoms with van der Waals surface area (Å²) in [5.41, 5.74) is 3.12. The van der Waals surface area contributed by atoms with Crippen LogP contribution in [-0.2, 0) is 4.79 Å². The molecule has 2 N–H and O–H groups in total. The Morgan fingerprint density at radius 3 is 2.72 bits per heavy atom. The van der Waals surface area contributed by atoms with Crippen molar-refractivity contribution in [2.75, 3.05) is 6.54 Å². The van der Waals surface area contributed by atoms with E-state index in [4.69, 9.17) is 4.74 Å². The molecule has 8 nitrogen and oxygen atoms in total. The van der Waals surface area contributed by atoms with Gasteiger partial charge in [0.25, 0.3) is 5.91 Å². The first kappa shape index (κ1) is 20.2. The number of rotatable bonds is 6. The van der Waals surface area contributed by atoms with Crippen LogP contribution in [0.15, 0.2) is 54.9 Å². The molecule has 1 aromatic carbocycles. The topological polar surface area (TPSA) is 100 Å². The molecule has 2 atom stereocenters. The molecule has 32 heavy (non-hydrogen) atoms. The number of amides is 2. The number of pyridine rings is 1. The summed E-state index contributed by atoms with van der Waals surface area (Å²) in [5.74, 6) is 0.233. The molecule has 5 rings (SSSR count). The monoisotopic (exact) mass is 431 g/mol. The lowest BCUT2D eigenvalue weighted by atomic mass is 10.1. The largest absolute Gasteiger partial charge is 0.487 e. The molecule has 2 aromatic heterocycles. The van der Waals surface area contributed by atoms with Gasteiger partial charge in [-0.05, 0) is 38.0 Å². The molecule has 0 unspecified atom stereocenters. The molecule has 2 fully saturated rings. The second-order valence-corrected chi connectivity index (χ2v) is 8.45. The maximum atomic E-state index is 13.4. The van der Waals surface area contributed by atoms with Crippen molar-refractivity contribution < 1.29 is 14.3 Å². The van der Waals surface area contributed by atoms with Gasteiger partial charge in [0.2, 0.25) is 5.91 Å². The van der Waals surface area contributed by atoms with Crippen LogP contribution in [0, 0.1) is 6.92 Å². The van der Waals surface area contributed by atoms with Crippen molar-refractivity contribution in [3.63, 3.8) is 0 Å². The molecule has 1 aliphatic heterocycles. The normalized spacial score (nSPS) is 20.2. The summed E-state index contributed by atoms with van der Waals surface area (Å²) in [5, 5.41) is 10.2. The van der Waals surface area contributed by atoms with Gasteiger partial charge in [-0.2, -0.15) is 5.10 Å². The van der Waals surface area contributed by atoms with Crippen LogP contribution in [0.5, 0.6) is 5.75 Å². The number of carbonyl (C=O) groups is 2. The maximum Gasteiger partial charge on any atom is 0.272 e. The summed E-state index contributed by atoms with van der Waals surface area (Å²) in [4.78, 5) is 31.9. The van der Waals surface area contributed by atoms with Crippen LogP contribution in [0.1, 0.15) is 35.3 Å². The Morgan fingerprint density at radius 2 is 2.00 bits per heavy atom. The fraction of sp³-hybridized carbons (Fsp3) is 0.333. The van der Waals surface area contributed by atoms with Gasteiger partial charge in [0.15, 0.2) is 0 Å². The number of hydrogen-bond donors (Lipinski definition) is 2. The molecule has 1 saturated carbocycles. The second-order valence-electron chi connectivity index (χ2n) is 8.45. The van der Waals surface area contributed by atoms with E-state index in [1.807, 2.05) is 37.3 Å². The summed E-state index contributed by atoms with van der Waals surface area (Å²) < 4.78 is 6.02. The van der Waals surface area contributed by atoms with Crippen LogP contribution in [0.4, 0.5) is 0 Å². The lowest BCUT2D eigenvalue weighted by molar-refractivity contribution is -0.125. The van der Waals surface area contributed by atoms with Crippen LogP contribution in [0.25, 0.3) is 11.3 Å². The average Bonchev–Trinajstić information content (AvgIpc) is 3.31. The van der Waals surface area contributed by atoms with E-state index in [1.165, 1.54) is 0 Å². The first-order chi connectivity index (χ1) is 15.6. The zero-order valence-electron chi connectivity index (χ0n) is 17.8. The van der Waals surface area contributed by atoms with Crippen molar-refractivity contribution >= 4 is 11.8 Å². The van der Waals surface area contributed by atoms with E-state index < -0.39 is 6.04 Å². The number of nitrogens with one attached hydrogen (secondary N) is 2. The predicted molar refractivity (Wildman–Crippen MR) is 118 cm³/mol. The van der Waals surface area contributed by atoms with E-state index >= 15 is 0 Å². The van der Waals surface area contributed by atoms with E-state index in [2.05, 4.69) is 20.5 Å². The van der Waals surface area contributed by atoms with Crippen LogP contribution in [0.3, 0.4) is 0 Å². The molecule has 0 radical (unpaired) electrons. The van der Waals surface area contributed by atoms with E-state index in [9.17, 15) is 9.59 Å². The minimum atomic E-state index is -0.587. The van der Waals surface area contributed by atoms with Crippen LogP contribution >= 0.6 is 0 Å². The van der Waals surface area contributed by atoms with Gasteiger partial charge in [0.1, 0.15) is 23.6 Å². The highest BCUT2D eigenvalue weighted by Crippen LogP contribution is 2.27. The molecule has 1 saturated heterocycles. The van der Waals surface area contributed by atoms with Gasteiger partial charge in [-0.15, -0.1) is 0 Å². The van der Waals surface area contributed by atoms with Gasteiger partial charge < -0.3 is 15.0 Å². The van der Waals surface area contributed by atoms with Gasteiger partial charge in [-0.1, -0.05) is 29.8 Å². The van der Waals surface area contributed by atoms with Crippen molar-refractivity contribution in [2.45, 2.75) is 44.4 Å². The van der Waals surface area contributed by atoms with Gasteiger partial charge >= 0.3 is 0 Å². The first-order valence-corrected chi connectivity index (χ1v) is 10.9. The fourth-order valence-electron chi connectivity index (χ4n) is 3.95. The van der Waals surface area contributed by atoms with Gasteiger partial charge in [-0.3, -0.25) is 19.7 Å². The van der Waals surface area contributed by atoms with Crippen molar-refractivity contribution in [1.29, 1.82) is 0 Å². The van der Waals surface area contributed by atoms with Crippen molar-refractivity contribution in [3.05, 3.63) is 66.1 Å². The van der Waals surface area contributed by atoms with E-state index in [0.29, 0.717) is 30.1 Å². The van der Waals surface area contributed by atoms with E-state index in [-0.39, 0.29) is 24.0 Å². The maximum absolute atomic E-state index is 13.4. The van der Waals surface area contributed by atoms with Crippen molar-refractivity contribution in [2.24, 2.45) is 0 Å². The Kier molecular flexibility index (Phi) is 5.34. The third-order valence-electron chi connectivity index (χ3n) is 5.84. The molecular weight excluding hydrogens is 406 g/mol. The average molecular weight is 431 g/mol. The smallest absolute Gasteiger partial charge is 0.272 e. The SMILES string of the molecule is Cc1ccc(-c2cc(C(=O)N3C[C@@H](Oc4cccnc4)C[C@H]3C(=O)NC3CC3)[nH]n2)cc1. The molecule has 3 aromatic rings. The van der Waals surface area contributed by atoms with Gasteiger partial charge in [-0.25, -0.2) is 0 Å². The zero-order chi connectivity index (χ0) is 22.1. The number of aromatic nitrogens is 3. The number of carbonyl (C=O) groups excluding carboxylic acids is 2. The van der Waals surface area contributed by atoms with Crippen LogP contribution < -0.4 is 10.1 Å². The van der Waals surface area contributed by atoms with Crippen molar-refractivity contribution in [1.82, 2.24) is 25.4 Å². The van der Waals surface area contributed by atoms with Crippen molar-refractivity contribution in [3.8, 4) is 17.0 Å². The van der Waals surface area contributed by atoms with Crippen LogP contribution in [0.2, 0.25) is 0 Å². The molecule has 3 heterocycles. The first-order valence-electron chi connectivity index (χ1n) is 10.9. The summed E-state index contributed by atoms with van der Waals surface area (Å²) in [6.07, 6.45) is 5.42. The number of hydrogen-bond acceptors (Lipinski definition) is 5. The molecule has 0 bridgehead atoms. The Morgan fingerprint density at radius 1 is 1.19 bits per heavy atom. The standard InChI is InChI=1S/C24H25N5O3/c1-15-4-6-16(7-5-15)20-12-21(28-27-20)24(31)29-14-19(32-18-3-2-10-25-13-18)11-22(29)23(30)26-17-8-9-17/h2-7,10,12-13,17,19,22H,8-9,11,14H2,1H3,(H,26,30)(H,27,28)/t19-,22-/m0/s1. The number of nitrogens with zero attached hydrogens (tertiary/aromatic N) is 3. The zero-order valence-corrected chi connectivity index (χ0v) is 17.8. The lowest BCUT2D eigenvalue weighted by Crippen LogP contribution is -2.46. The van der Waals surface area contributed by atoms with E-state index in [1.54, 1.807) is 29.4 Å². The Balaban J connectivity index is 1.35. The summed E-state index contributed by atoms with van der Waals surface area (Å²) in [7, 11) is 0. The fourth-order valence-corrected chi connectivity index (χ4v) is 3.95. The van der Waals surface area contributed by atoms with Crippen LogP contribution in [-0.4, -0.2) is 56.6 Å². The number of aryl methyl sites for hydroxylation is 1. The summed E-state index contributed by atoms with van der Waals surface area (Å²) >= 11 is 0. The van der Waals surface area contributed by atoms with E-state index in [0.717, 1.165) is 24.0 Å². The highest BCUT2D eigenvalue weighted by atomic mass is 16.5. The number of ether oxygens (including phenoxy) is 1. The highest BCUT2D eigenvalue weighted by Gasteiger charge is 2.42.